The van der Waals surface area contributed by atoms with Crippen LogP contribution in [0, 0.1) is 13.1 Å². The Kier molecular flexibility index (Phi) is 3.85. The first-order chi connectivity index (χ1) is 8.20. The van der Waals surface area contributed by atoms with Gasteiger partial charge in [0.05, 0.1) is 0 Å². The van der Waals surface area contributed by atoms with E-state index in [1.54, 1.807) is 0 Å². The van der Waals surface area contributed by atoms with Crippen molar-refractivity contribution in [3.63, 3.8) is 0 Å². The Labute approximate surface area is 112 Å². The second kappa shape index (κ2) is 5.37. The number of nitrogens with zero attached hydrogens (tertiary/aromatic N) is 2. The third-order valence-corrected chi connectivity index (χ3v) is 3.00. The molecule has 0 aliphatic rings. The first kappa shape index (κ1) is 12.2. The summed E-state index contributed by atoms with van der Waals surface area (Å²) in [5.74, 6) is 0. The van der Waals surface area contributed by atoms with Gasteiger partial charge in [-0.1, -0.05) is 0 Å². The van der Waals surface area contributed by atoms with E-state index in [4.69, 9.17) is 0 Å². The van der Waals surface area contributed by atoms with Crippen molar-refractivity contribution in [1.82, 2.24) is 9.55 Å². The van der Waals surface area contributed by atoms with Gasteiger partial charge in [0.15, 0.2) is 0 Å². The molecule has 17 heavy (non-hydrogen) atoms. The van der Waals surface area contributed by atoms with Crippen molar-refractivity contribution < 1.29 is 19.4 Å². The summed E-state index contributed by atoms with van der Waals surface area (Å²) in [6.07, 6.45) is 13.3. The molecule has 86 valence electrons. The SMILES string of the molecule is Cc1cncc(-c2cn(C)[c-]c2/C=C\[CH]=[W])c1. The Hall–Kier alpha value is -1.27. The Bertz CT molecular complexity index is 567. The van der Waals surface area contributed by atoms with Gasteiger partial charge in [0.25, 0.3) is 0 Å². The Morgan fingerprint density at radius 2 is 2.24 bits per heavy atom. The van der Waals surface area contributed by atoms with Gasteiger partial charge in [-0.15, -0.1) is 0 Å². The summed E-state index contributed by atoms with van der Waals surface area (Å²) in [7, 11) is 1.99. The number of pyridine rings is 1. The van der Waals surface area contributed by atoms with Gasteiger partial charge in [0.2, 0.25) is 0 Å². The van der Waals surface area contributed by atoms with Gasteiger partial charge >= 0.3 is 113 Å². The zero-order chi connectivity index (χ0) is 12.3. The minimum atomic E-state index is 1.11. The second-order valence-electron chi connectivity index (χ2n) is 3.93. The molecule has 0 aliphatic heterocycles. The molecule has 0 amide bonds. The number of aromatic nitrogens is 2. The maximum atomic E-state index is 4.24. The van der Waals surface area contributed by atoms with E-state index in [1.807, 2.05) is 24.0 Å². The molecule has 0 unspecified atom stereocenters. The van der Waals surface area contributed by atoms with Gasteiger partial charge in [0, 0.05) is 0 Å². The average Bonchev–Trinajstić information content (AvgIpc) is 2.68. The molecule has 0 N–H and O–H groups in total. The van der Waals surface area contributed by atoms with E-state index < -0.39 is 0 Å². The monoisotopic (exact) mass is 393 g/mol. The third-order valence-electron chi connectivity index (χ3n) is 2.44. The predicted molar refractivity (Wildman–Crippen MR) is 67.3 cm³/mol. The molecule has 2 nitrogen and oxygen atoms in total. The van der Waals surface area contributed by atoms with E-state index in [0.29, 0.717) is 0 Å². The van der Waals surface area contributed by atoms with Crippen molar-refractivity contribution in [3.8, 4) is 11.1 Å². The maximum absolute atomic E-state index is 4.24. The molecule has 0 bridgehead atoms. The fourth-order valence-electron chi connectivity index (χ4n) is 1.74. The van der Waals surface area contributed by atoms with Crippen LogP contribution >= 0.6 is 0 Å². The zero-order valence-corrected chi connectivity index (χ0v) is 12.8. The Morgan fingerprint density at radius 1 is 1.41 bits per heavy atom. The summed E-state index contributed by atoms with van der Waals surface area (Å²) in [6, 6.07) is 2.15. The molecule has 2 rings (SSSR count). The zero-order valence-electron chi connectivity index (χ0n) is 9.84. The third kappa shape index (κ3) is 2.89. The summed E-state index contributed by atoms with van der Waals surface area (Å²) in [5, 5.41) is 0. The number of hydrogen-bond donors (Lipinski definition) is 0. The van der Waals surface area contributed by atoms with Gasteiger partial charge in [0.1, 0.15) is 0 Å². The van der Waals surface area contributed by atoms with Crippen molar-refractivity contribution in [3.05, 3.63) is 48.1 Å². The van der Waals surface area contributed by atoms with Gasteiger partial charge in [-0.2, -0.15) is 0 Å². The normalized spacial score (nSPS) is 10.9. The van der Waals surface area contributed by atoms with Crippen LogP contribution in [0.1, 0.15) is 11.1 Å². The molecule has 0 atom stereocenters. The van der Waals surface area contributed by atoms with Gasteiger partial charge < -0.3 is 0 Å². The van der Waals surface area contributed by atoms with Gasteiger partial charge in [-0.25, -0.2) is 0 Å². The summed E-state index contributed by atoms with van der Waals surface area (Å²) >= 11 is 1.45. The van der Waals surface area contributed by atoms with Crippen LogP contribution in [-0.2, 0) is 26.4 Å². The molecule has 2 aromatic rings. The van der Waals surface area contributed by atoms with E-state index in [1.165, 1.54) is 30.5 Å². The number of hydrogen-bond acceptors (Lipinski definition) is 1. The molecule has 0 saturated carbocycles. The van der Waals surface area contributed by atoms with E-state index in [0.717, 1.165) is 11.1 Å². The number of aryl methyl sites for hydroxylation is 2. The molecule has 0 fully saturated rings. The van der Waals surface area contributed by atoms with E-state index in [-0.39, 0.29) is 0 Å². The van der Waals surface area contributed by atoms with Crippen LogP contribution in [0.4, 0.5) is 0 Å². The quantitative estimate of drug-likeness (QED) is 0.734. The molecule has 2 heterocycles. The van der Waals surface area contributed by atoms with E-state index in [9.17, 15) is 0 Å². The molecule has 3 heteroatoms. The van der Waals surface area contributed by atoms with Crippen LogP contribution in [0.5, 0.6) is 0 Å². The van der Waals surface area contributed by atoms with Gasteiger partial charge in [-0.05, 0) is 0 Å². The number of allylic oxidation sites excluding steroid dienone is 1. The van der Waals surface area contributed by atoms with Crippen molar-refractivity contribution >= 4 is 10.5 Å². The number of rotatable bonds is 3. The summed E-state index contributed by atoms with van der Waals surface area (Å²) in [6.45, 7) is 2.06. The van der Waals surface area contributed by atoms with Crippen LogP contribution in [0.2, 0.25) is 0 Å². The first-order valence-electron chi connectivity index (χ1n) is 5.33. The molecular formula is C14H13N2W-. The summed E-state index contributed by atoms with van der Waals surface area (Å²) in [5.41, 5.74) is 4.60. The van der Waals surface area contributed by atoms with Crippen LogP contribution in [0.15, 0.2) is 30.7 Å². The van der Waals surface area contributed by atoms with Gasteiger partial charge in [-0.3, -0.25) is 0 Å². The fraction of sp³-hybridized carbons (Fsp3) is 0.143. The van der Waals surface area contributed by atoms with Crippen molar-refractivity contribution in [1.29, 1.82) is 0 Å². The standard InChI is InChI=1S/C14H13N2.W/c1-4-5-12-9-16(3)10-14(12)13-6-11(2)7-15-8-13;/h1,4-8,10H,2-3H3;/q-1;/b5-4-;. The van der Waals surface area contributed by atoms with E-state index >= 15 is 0 Å². The molecule has 2 aromatic heterocycles. The van der Waals surface area contributed by atoms with Crippen molar-refractivity contribution in [2.45, 2.75) is 6.92 Å². The topological polar surface area (TPSA) is 17.8 Å². The van der Waals surface area contributed by atoms with Crippen LogP contribution < -0.4 is 0 Å². The Balaban J connectivity index is 2.51. The van der Waals surface area contributed by atoms with Crippen LogP contribution in [0.25, 0.3) is 17.2 Å². The van der Waals surface area contributed by atoms with Crippen molar-refractivity contribution in [2.24, 2.45) is 7.05 Å². The summed E-state index contributed by atoms with van der Waals surface area (Å²) < 4.78 is 4.05. The van der Waals surface area contributed by atoms with Crippen molar-refractivity contribution in [2.75, 3.05) is 0 Å². The Morgan fingerprint density at radius 3 is 2.94 bits per heavy atom. The van der Waals surface area contributed by atoms with Crippen LogP contribution in [0.3, 0.4) is 0 Å². The average molecular weight is 393 g/mol. The molecule has 0 aromatic carbocycles. The second-order valence-corrected chi connectivity index (χ2v) is 4.90. The molecule has 0 radical (unpaired) electrons. The molecular weight excluding hydrogens is 380 g/mol. The first-order valence-corrected chi connectivity index (χ1v) is 7.02. The summed E-state index contributed by atoms with van der Waals surface area (Å²) in [4.78, 5) is 4.24. The van der Waals surface area contributed by atoms with E-state index in [2.05, 4.69) is 46.9 Å². The fourth-order valence-corrected chi connectivity index (χ4v) is 2.02. The molecule has 0 spiro atoms. The molecule has 0 aliphatic carbocycles. The predicted octanol–water partition coefficient (Wildman–Crippen LogP) is 2.56. The minimum absolute atomic E-state index is 1.11. The molecule has 0 saturated heterocycles. The van der Waals surface area contributed by atoms with Crippen LogP contribution in [-0.4, -0.2) is 14.0 Å².